The molecule has 0 bridgehead atoms. The summed E-state index contributed by atoms with van der Waals surface area (Å²) in [7, 11) is 0. The average Bonchev–Trinajstić information content (AvgIpc) is 3.82. The van der Waals surface area contributed by atoms with Crippen molar-refractivity contribution in [3.63, 3.8) is 0 Å². The van der Waals surface area contributed by atoms with Crippen LogP contribution in [-0.2, 0) is 0 Å². The molecule has 3 aromatic heterocycles. The zero-order valence-electron chi connectivity index (χ0n) is 30.3. The SMILES string of the molecule is c1ccc(-c2ccc(-c3cc(-c4ccccc4)nc(-c4ccc(-c5cccc6c5c5ccccc5n6-c5ccc6oc7ccccc7c6c5)cc4)n3)cc2)cc1. The molecule has 0 aliphatic carbocycles. The summed E-state index contributed by atoms with van der Waals surface area (Å²) in [5.74, 6) is 0.692. The van der Waals surface area contributed by atoms with Gasteiger partial charge in [0.25, 0.3) is 0 Å². The van der Waals surface area contributed by atoms with E-state index in [0.717, 1.165) is 72.3 Å². The fraction of sp³-hybridized carbons (Fsp3) is 0. The first-order chi connectivity index (χ1) is 27.7. The molecular weight excluding hydrogens is 683 g/mol. The first-order valence-corrected chi connectivity index (χ1v) is 18.9. The maximum atomic E-state index is 6.18. The second-order valence-electron chi connectivity index (χ2n) is 14.2. The molecule has 0 fully saturated rings. The predicted octanol–water partition coefficient (Wildman–Crippen LogP) is 13.8. The predicted molar refractivity (Wildman–Crippen MR) is 231 cm³/mol. The van der Waals surface area contributed by atoms with Crippen LogP contribution in [0.1, 0.15) is 0 Å². The van der Waals surface area contributed by atoms with Crippen molar-refractivity contribution < 1.29 is 4.42 Å². The third-order valence-corrected chi connectivity index (χ3v) is 10.9. The maximum absolute atomic E-state index is 6.18. The van der Waals surface area contributed by atoms with Crippen molar-refractivity contribution in [3.8, 4) is 61.8 Å². The van der Waals surface area contributed by atoms with Gasteiger partial charge in [0.05, 0.1) is 22.4 Å². The Bertz CT molecular complexity index is 3220. The van der Waals surface area contributed by atoms with Crippen LogP contribution in [0, 0.1) is 0 Å². The molecule has 4 heteroatoms. The van der Waals surface area contributed by atoms with Gasteiger partial charge in [-0.15, -0.1) is 0 Å². The van der Waals surface area contributed by atoms with Gasteiger partial charge in [-0.05, 0) is 64.7 Å². The van der Waals surface area contributed by atoms with E-state index in [4.69, 9.17) is 14.4 Å². The van der Waals surface area contributed by atoms with E-state index in [-0.39, 0.29) is 0 Å². The maximum Gasteiger partial charge on any atom is 0.160 e. The Labute approximate surface area is 323 Å². The molecule has 56 heavy (non-hydrogen) atoms. The van der Waals surface area contributed by atoms with Crippen LogP contribution in [0.25, 0.3) is 106 Å². The zero-order valence-corrected chi connectivity index (χ0v) is 30.3. The summed E-state index contributed by atoms with van der Waals surface area (Å²) in [4.78, 5) is 10.3. The molecule has 0 atom stereocenters. The van der Waals surface area contributed by atoms with Crippen LogP contribution in [0.3, 0.4) is 0 Å². The van der Waals surface area contributed by atoms with E-state index in [2.05, 4.69) is 180 Å². The van der Waals surface area contributed by atoms with Crippen molar-refractivity contribution in [1.29, 1.82) is 0 Å². The number of rotatable bonds is 6. The van der Waals surface area contributed by atoms with Crippen molar-refractivity contribution in [3.05, 3.63) is 200 Å². The Morgan fingerprint density at radius 1 is 0.357 bits per heavy atom. The van der Waals surface area contributed by atoms with E-state index in [1.165, 1.54) is 27.5 Å². The minimum absolute atomic E-state index is 0.692. The fourth-order valence-electron chi connectivity index (χ4n) is 8.14. The molecule has 0 saturated heterocycles. The molecule has 4 nitrogen and oxygen atoms in total. The largest absolute Gasteiger partial charge is 0.456 e. The number of hydrogen-bond acceptors (Lipinski definition) is 3. The van der Waals surface area contributed by atoms with Crippen LogP contribution in [0.15, 0.2) is 205 Å². The Kier molecular flexibility index (Phi) is 7.46. The number of fused-ring (bicyclic) bond motifs is 6. The van der Waals surface area contributed by atoms with Crippen molar-refractivity contribution in [1.82, 2.24) is 14.5 Å². The summed E-state index contributed by atoms with van der Waals surface area (Å²) in [6.45, 7) is 0. The summed E-state index contributed by atoms with van der Waals surface area (Å²) in [6.07, 6.45) is 0. The van der Waals surface area contributed by atoms with Crippen LogP contribution < -0.4 is 0 Å². The molecule has 0 N–H and O–H groups in total. The summed E-state index contributed by atoms with van der Waals surface area (Å²) in [5.41, 5.74) is 14.7. The summed E-state index contributed by atoms with van der Waals surface area (Å²) in [5, 5.41) is 4.66. The highest BCUT2D eigenvalue weighted by atomic mass is 16.3. The standard InChI is InChI=1S/C52H33N3O/c1-3-12-34(13-4-1)35-22-26-38(27-23-35)46-33-45(37-14-5-2-6-15-37)53-52(54-46)39-28-24-36(25-29-39)41-18-11-20-48-51(41)43-17-7-9-19-47(43)55(48)40-30-31-50-44(32-40)42-16-8-10-21-49(42)56-50/h1-33H. The van der Waals surface area contributed by atoms with Crippen LogP contribution in [-0.4, -0.2) is 14.5 Å². The van der Waals surface area contributed by atoms with Gasteiger partial charge < -0.3 is 8.98 Å². The lowest BCUT2D eigenvalue weighted by Crippen LogP contribution is -1.96. The number of hydrogen-bond donors (Lipinski definition) is 0. The summed E-state index contributed by atoms with van der Waals surface area (Å²) >= 11 is 0. The molecule has 0 aliphatic rings. The van der Waals surface area contributed by atoms with Gasteiger partial charge in [0.2, 0.25) is 0 Å². The summed E-state index contributed by atoms with van der Waals surface area (Å²) in [6, 6.07) is 70.3. The average molecular weight is 716 g/mol. The quantitative estimate of drug-likeness (QED) is 0.172. The number of nitrogens with zero attached hydrogens (tertiary/aromatic N) is 3. The van der Waals surface area contributed by atoms with E-state index in [9.17, 15) is 0 Å². The minimum Gasteiger partial charge on any atom is -0.456 e. The minimum atomic E-state index is 0.692. The van der Waals surface area contributed by atoms with Crippen molar-refractivity contribution in [2.75, 3.05) is 0 Å². The second-order valence-corrected chi connectivity index (χ2v) is 14.2. The molecule has 0 spiro atoms. The lowest BCUT2D eigenvalue weighted by Gasteiger charge is -2.11. The van der Waals surface area contributed by atoms with E-state index in [1.54, 1.807) is 0 Å². The lowest BCUT2D eigenvalue weighted by atomic mass is 9.98. The molecular formula is C52H33N3O. The number of furan rings is 1. The van der Waals surface area contributed by atoms with Gasteiger partial charge in [-0.2, -0.15) is 0 Å². The molecule has 11 aromatic rings. The third kappa shape index (κ3) is 5.39. The molecule has 262 valence electrons. The Hall–Kier alpha value is -7.56. The highest BCUT2D eigenvalue weighted by molar-refractivity contribution is 6.16. The van der Waals surface area contributed by atoms with Gasteiger partial charge in [-0.1, -0.05) is 158 Å². The molecule has 0 radical (unpaired) electrons. The van der Waals surface area contributed by atoms with E-state index < -0.39 is 0 Å². The number of para-hydroxylation sites is 2. The van der Waals surface area contributed by atoms with Crippen LogP contribution >= 0.6 is 0 Å². The van der Waals surface area contributed by atoms with Gasteiger partial charge in [-0.25, -0.2) is 9.97 Å². The van der Waals surface area contributed by atoms with E-state index in [1.807, 2.05) is 24.3 Å². The Balaban J connectivity index is 1.01. The molecule has 0 aliphatic heterocycles. The first kappa shape index (κ1) is 31.9. The van der Waals surface area contributed by atoms with Gasteiger partial charge in [-0.3, -0.25) is 0 Å². The lowest BCUT2D eigenvalue weighted by molar-refractivity contribution is 0.669. The number of aromatic nitrogens is 3. The van der Waals surface area contributed by atoms with Crippen LogP contribution in [0.5, 0.6) is 0 Å². The van der Waals surface area contributed by atoms with Gasteiger partial charge in [0.1, 0.15) is 11.2 Å². The zero-order chi connectivity index (χ0) is 37.0. The molecule has 11 rings (SSSR count). The molecule has 0 unspecified atom stereocenters. The second kappa shape index (κ2) is 13.1. The van der Waals surface area contributed by atoms with Crippen molar-refractivity contribution in [2.45, 2.75) is 0 Å². The van der Waals surface area contributed by atoms with Gasteiger partial charge in [0.15, 0.2) is 5.82 Å². The highest BCUT2D eigenvalue weighted by Crippen LogP contribution is 2.40. The highest BCUT2D eigenvalue weighted by Gasteiger charge is 2.18. The Morgan fingerprint density at radius 3 is 1.68 bits per heavy atom. The van der Waals surface area contributed by atoms with E-state index >= 15 is 0 Å². The molecule has 0 saturated carbocycles. The van der Waals surface area contributed by atoms with Gasteiger partial charge in [0, 0.05) is 43.9 Å². The molecule has 8 aromatic carbocycles. The molecule has 3 heterocycles. The van der Waals surface area contributed by atoms with Crippen LogP contribution in [0.2, 0.25) is 0 Å². The van der Waals surface area contributed by atoms with Crippen molar-refractivity contribution in [2.24, 2.45) is 0 Å². The summed E-state index contributed by atoms with van der Waals surface area (Å²) < 4.78 is 8.55. The monoisotopic (exact) mass is 715 g/mol. The molecule has 0 amide bonds. The first-order valence-electron chi connectivity index (χ1n) is 18.9. The van der Waals surface area contributed by atoms with Crippen molar-refractivity contribution >= 4 is 43.7 Å². The van der Waals surface area contributed by atoms with Crippen LogP contribution in [0.4, 0.5) is 0 Å². The third-order valence-electron chi connectivity index (χ3n) is 10.9. The smallest absolute Gasteiger partial charge is 0.160 e. The number of benzene rings is 8. The fourth-order valence-corrected chi connectivity index (χ4v) is 8.14. The van der Waals surface area contributed by atoms with Gasteiger partial charge >= 0.3 is 0 Å². The topological polar surface area (TPSA) is 43.9 Å². The normalized spacial score (nSPS) is 11.6. The Morgan fingerprint density at radius 2 is 0.911 bits per heavy atom. The van der Waals surface area contributed by atoms with E-state index in [0.29, 0.717) is 5.82 Å².